The summed E-state index contributed by atoms with van der Waals surface area (Å²) in [6.45, 7) is 2.06. The second-order valence-electron chi connectivity index (χ2n) is 2.92. The summed E-state index contributed by atoms with van der Waals surface area (Å²) in [5.41, 5.74) is 2.69. The van der Waals surface area contributed by atoms with Crippen molar-refractivity contribution >= 4 is 17.7 Å². The molecule has 0 saturated carbocycles. The molecule has 3 heteroatoms. The quantitative estimate of drug-likeness (QED) is 0.720. The molecule has 1 aromatic rings. The van der Waals surface area contributed by atoms with E-state index in [1.807, 2.05) is 13.0 Å². The van der Waals surface area contributed by atoms with E-state index in [1.54, 1.807) is 12.1 Å². The molecule has 13 heavy (non-hydrogen) atoms. The van der Waals surface area contributed by atoms with Crippen molar-refractivity contribution in [1.82, 2.24) is 0 Å². The van der Waals surface area contributed by atoms with E-state index in [0.717, 1.165) is 11.1 Å². The molecule has 0 aliphatic carbocycles. The van der Waals surface area contributed by atoms with E-state index in [2.05, 4.69) is 12.6 Å². The lowest BCUT2D eigenvalue weighted by Gasteiger charge is -2.04. The molecule has 0 spiro atoms. The van der Waals surface area contributed by atoms with Gasteiger partial charge in [0.1, 0.15) is 0 Å². The summed E-state index contributed by atoms with van der Waals surface area (Å²) in [4.78, 5) is 10.9. The van der Waals surface area contributed by atoms with Gasteiger partial charge in [-0.2, -0.15) is 0 Å². The van der Waals surface area contributed by atoms with Crippen molar-refractivity contribution in [1.29, 1.82) is 0 Å². The van der Waals surface area contributed by atoms with E-state index in [4.69, 9.17) is 5.11 Å². The second kappa shape index (κ2) is 4.44. The Hall–Kier alpha value is -0.800. The summed E-state index contributed by atoms with van der Waals surface area (Å²) in [7, 11) is 0. The molecule has 0 aliphatic heterocycles. The topological polar surface area (TPSA) is 37.3 Å². The van der Waals surface area contributed by atoms with E-state index in [0.29, 0.717) is 12.0 Å². The number of hydrogen-bond donors (Lipinski definition) is 2. The van der Waals surface area contributed by atoms with Crippen LogP contribution in [0.15, 0.2) is 18.2 Å². The summed E-state index contributed by atoms with van der Waals surface area (Å²) >= 11 is 3.73. The number of aliphatic hydroxyl groups excluding tert-OH is 1. The Morgan fingerprint density at radius 1 is 1.54 bits per heavy atom. The van der Waals surface area contributed by atoms with Gasteiger partial charge in [0.25, 0.3) is 0 Å². The van der Waals surface area contributed by atoms with Crippen LogP contribution in [0.25, 0.3) is 0 Å². The molecule has 0 amide bonds. The molecule has 0 unspecified atom stereocenters. The van der Waals surface area contributed by atoms with Crippen molar-refractivity contribution < 1.29 is 9.90 Å². The van der Waals surface area contributed by atoms with Gasteiger partial charge in [0.2, 0.25) is 5.12 Å². The van der Waals surface area contributed by atoms with Gasteiger partial charge in [-0.15, -0.1) is 12.6 Å². The number of aryl methyl sites for hydroxylation is 1. The minimum absolute atomic E-state index is 0.134. The van der Waals surface area contributed by atoms with Gasteiger partial charge in [-0.25, -0.2) is 0 Å². The summed E-state index contributed by atoms with van der Waals surface area (Å²) in [5.74, 6) is 0. The Morgan fingerprint density at radius 2 is 2.23 bits per heavy atom. The zero-order chi connectivity index (χ0) is 9.84. The molecule has 1 rings (SSSR count). The molecule has 0 fully saturated rings. The third-order valence-corrected chi connectivity index (χ3v) is 2.23. The van der Waals surface area contributed by atoms with Crippen LogP contribution >= 0.6 is 12.6 Å². The van der Waals surface area contributed by atoms with Gasteiger partial charge < -0.3 is 5.11 Å². The smallest absolute Gasteiger partial charge is 0.216 e. The lowest BCUT2D eigenvalue weighted by Crippen LogP contribution is -1.97. The summed E-state index contributed by atoms with van der Waals surface area (Å²) in [6, 6.07) is 5.38. The molecule has 0 heterocycles. The zero-order valence-corrected chi connectivity index (χ0v) is 8.34. The first-order valence-corrected chi connectivity index (χ1v) is 4.53. The number of aliphatic hydroxyl groups is 1. The second-order valence-corrected chi connectivity index (χ2v) is 3.33. The van der Waals surface area contributed by atoms with Gasteiger partial charge >= 0.3 is 0 Å². The highest BCUT2D eigenvalue weighted by Crippen LogP contribution is 2.13. The first-order chi connectivity index (χ1) is 6.15. The van der Waals surface area contributed by atoms with E-state index in [1.165, 1.54) is 0 Å². The van der Waals surface area contributed by atoms with E-state index in [-0.39, 0.29) is 11.7 Å². The van der Waals surface area contributed by atoms with Crippen LogP contribution in [0.3, 0.4) is 0 Å². The summed E-state index contributed by atoms with van der Waals surface area (Å²) in [5, 5.41) is 8.52. The molecule has 0 aromatic heterocycles. The van der Waals surface area contributed by atoms with E-state index >= 15 is 0 Å². The highest BCUT2D eigenvalue weighted by Gasteiger charge is 2.03. The Morgan fingerprint density at radius 3 is 2.69 bits per heavy atom. The first kappa shape index (κ1) is 10.3. The fraction of sp³-hybridized carbons (Fsp3) is 0.300. The van der Waals surface area contributed by atoms with Crippen LogP contribution in [0, 0.1) is 6.92 Å². The Balaban J connectivity index is 2.98. The minimum Gasteiger partial charge on any atom is -0.396 e. The van der Waals surface area contributed by atoms with Crippen LogP contribution in [0.1, 0.15) is 21.5 Å². The van der Waals surface area contributed by atoms with Crippen LogP contribution in [0.4, 0.5) is 0 Å². The average Bonchev–Trinajstić information content (AvgIpc) is 2.08. The predicted molar refractivity (Wildman–Crippen MR) is 55.3 cm³/mol. The van der Waals surface area contributed by atoms with Crippen molar-refractivity contribution in [3.05, 3.63) is 34.9 Å². The molecule has 1 N–H and O–H groups in total. The van der Waals surface area contributed by atoms with Gasteiger partial charge in [0, 0.05) is 12.2 Å². The number of carbonyl (C=O) groups excluding carboxylic acids is 1. The Kier molecular flexibility index (Phi) is 3.51. The molecule has 2 nitrogen and oxygen atoms in total. The number of rotatable bonds is 3. The van der Waals surface area contributed by atoms with Crippen molar-refractivity contribution in [2.75, 3.05) is 6.61 Å². The maximum atomic E-state index is 10.9. The van der Waals surface area contributed by atoms with Gasteiger partial charge in [0.15, 0.2) is 0 Å². The fourth-order valence-electron chi connectivity index (χ4n) is 1.23. The Bertz CT molecular complexity index is 321. The molecule has 1 aromatic carbocycles. The highest BCUT2D eigenvalue weighted by molar-refractivity contribution is 7.97. The highest BCUT2D eigenvalue weighted by atomic mass is 32.1. The lowest BCUT2D eigenvalue weighted by molar-refractivity contribution is 0.109. The first-order valence-electron chi connectivity index (χ1n) is 4.09. The summed E-state index contributed by atoms with van der Waals surface area (Å²) in [6.07, 6.45) is 0.632. The van der Waals surface area contributed by atoms with Crippen molar-refractivity contribution in [2.45, 2.75) is 13.3 Å². The maximum absolute atomic E-state index is 10.9. The van der Waals surface area contributed by atoms with Crippen molar-refractivity contribution in [3.8, 4) is 0 Å². The van der Waals surface area contributed by atoms with E-state index < -0.39 is 0 Å². The largest absolute Gasteiger partial charge is 0.396 e. The van der Waals surface area contributed by atoms with E-state index in [9.17, 15) is 4.79 Å². The lowest BCUT2D eigenvalue weighted by atomic mass is 10.0. The van der Waals surface area contributed by atoms with Gasteiger partial charge in [-0.05, 0) is 30.5 Å². The average molecular weight is 196 g/mol. The van der Waals surface area contributed by atoms with Gasteiger partial charge in [0.05, 0.1) is 0 Å². The monoisotopic (exact) mass is 196 g/mol. The van der Waals surface area contributed by atoms with Gasteiger partial charge in [-0.3, -0.25) is 4.79 Å². The molecule has 0 radical (unpaired) electrons. The zero-order valence-electron chi connectivity index (χ0n) is 7.45. The molecule has 0 aliphatic rings. The third-order valence-electron chi connectivity index (χ3n) is 1.97. The molecule has 0 saturated heterocycles. The number of benzene rings is 1. The molecular formula is C10H12O2S. The van der Waals surface area contributed by atoms with Gasteiger partial charge in [-0.1, -0.05) is 12.1 Å². The predicted octanol–water partition coefficient (Wildman–Crippen LogP) is 1.60. The van der Waals surface area contributed by atoms with Crippen molar-refractivity contribution in [3.63, 3.8) is 0 Å². The van der Waals surface area contributed by atoms with Crippen molar-refractivity contribution in [2.24, 2.45) is 0 Å². The Labute approximate surface area is 83.0 Å². The number of carbonyl (C=O) groups is 1. The normalized spacial score (nSPS) is 10.1. The number of thiol groups is 1. The van der Waals surface area contributed by atoms with Crippen LogP contribution < -0.4 is 0 Å². The summed E-state index contributed by atoms with van der Waals surface area (Å²) < 4.78 is 0. The van der Waals surface area contributed by atoms with Crippen LogP contribution in [-0.4, -0.2) is 16.8 Å². The maximum Gasteiger partial charge on any atom is 0.216 e. The fourth-order valence-corrected chi connectivity index (χ4v) is 1.37. The standard InChI is InChI=1S/C10H12O2S/c1-7-6-9(10(12)13)3-2-8(7)4-5-11/h2-3,6,11H,4-5H2,1H3,(H,12,13). The minimum atomic E-state index is -0.223. The molecule has 70 valence electrons. The van der Waals surface area contributed by atoms with Crippen LogP contribution in [-0.2, 0) is 6.42 Å². The third kappa shape index (κ3) is 2.57. The van der Waals surface area contributed by atoms with Crippen LogP contribution in [0.5, 0.6) is 0 Å². The molecule has 0 bridgehead atoms. The number of hydrogen-bond acceptors (Lipinski definition) is 2. The molecular weight excluding hydrogens is 184 g/mol. The van der Waals surface area contributed by atoms with Crippen LogP contribution in [0.2, 0.25) is 0 Å². The molecule has 0 atom stereocenters. The SMILES string of the molecule is Cc1cc(C(=O)S)ccc1CCO.